The van der Waals surface area contributed by atoms with E-state index < -0.39 is 38.9 Å². The quantitative estimate of drug-likeness (QED) is 0.590. The fraction of sp³-hybridized carbons (Fsp3) is 0.133. The lowest BCUT2D eigenvalue weighted by Crippen LogP contribution is -2.18. The number of benzene rings is 1. The van der Waals surface area contributed by atoms with Crippen molar-refractivity contribution >= 4 is 54.7 Å². The number of rotatable bonds is 5. The first kappa shape index (κ1) is 18.9. The van der Waals surface area contributed by atoms with Gasteiger partial charge in [-0.1, -0.05) is 0 Å². The maximum Gasteiger partial charge on any atom is 0.258 e. The SMILES string of the molecule is CCS(=O)(=O)Nc1ccc(F)c(NC(=O)c2csc3c(N)ncnc23)c1F. The summed E-state index contributed by atoms with van der Waals surface area (Å²) in [4.78, 5) is 20.3. The van der Waals surface area contributed by atoms with Gasteiger partial charge in [-0.15, -0.1) is 11.3 Å². The molecular formula is C15H13F2N5O3S2. The van der Waals surface area contributed by atoms with Crippen molar-refractivity contribution in [1.29, 1.82) is 0 Å². The minimum atomic E-state index is -3.78. The Hall–Kier alpha value is -2.86. The number of anilines is 3. The Balaban J connectivity index is 1.97. The first-order valence-corrected chi connectivity index (χ1v) is 10.0. The molecule has 0 radical (unpaired) electrons. The zero-order valence-electron chi connectivity index (χ0n) is 13.8. The van der Waals surface area contributed by atoms with E-state index in [1.54, 1.807) is 0 Å². The van der Waals surface area contributed by atoms with E-state index in [4.69, 9.17) is 5.73 Å². The van der Waals surface area contributed by atoms with E-state index in [1.807, 2.05) is 4.72 Å². The number of carbonyl (C=O) groups is 1. The molecule has 142 valence electrons. The molecular weight excluding hydrogens is 400 g/mol. The van der Waals surface area contributed by atoms with Crippen molar-refractivity contribution in [3.05, 3.63) is 41.0 Å². The van der Waals surface area contributed by atoms with E-state index in [9.17, 15) is 22.0 Å². The Morgan fingerprint density at radius 3 is 2.74 bits per heavy atom. The van der Waals surface area contributed by atoms with Gasteiger partial charge in [0.1, 0.15) is 23.6 Å². The molecule has 0 atom stereocenters. The molecule has 3 aromatic rings. The standard InChI is InChI=1S/C15H13F2N5O3S2/c1-2-27(24,25)22-9-4-3-8(16)12(10(9)17)21-15(23)7-5-26-13-11(7)19-6-20-14(13)18/h3-6,22H,2H2,1H3,(H,21,23)(H2,18,19,20). The second-order valence-electron chi connectivity index (χ2n) is 5.33. The van der Waals surface area contributed by atoms with Crippen molar-refractivity contribution in [3.8, 4) is 0 Å². The van der Waals surface area contributed by atoms with Gasteiger partial charge in [-0.25, -0.2) is 27.2 Å². The summed E-state index contributed by atoms with van der Waals surface area (Å²) in [6, 6.07) is 1.78. The largest absolute Gasteiger partial charge is 0.382 e. The van der Waals surface area contributed by atoms with E-state index in [1.165, 1.54) is 18.6 Å². The number of aromatic nitrogens is 2. The molecule has 0 spiro atoms. The van der Waals surface area contributed by atoms with Gasteiger partial charge in [0.05, 0.1) is 27.2 Å². The normalized spacial score (nSPS) is 11.5. The number of carbonyl (C=O) groups excluding carboxylic acids is 1. The lowest BCUT2D eigenvalue weighted by molar-refractivity contribution is 0.102. The first-order valence-electron chi connectivity index (χ1n) is 7.51. The highest BCUT2D eigenvalue weighted by Crippen LogP contribution is 2.30. The van der Waals surface area contributed by atoms with Crippen LogP contribution in [0.5, 0.6) is 0 Å². The Bertz CT molecular complexity index is 1150. The topological polar surface area (TPSA) is 127 Å². The van der Waals surface area contributed by atoms with Crippen LogP contribution in [0.2, 0.25) is 0 Å². The number of hydrogen-bond acceptors (Lipinski definition) is 7. The van der Waals surface area contributed by atoms with Crippen molar-refractivity contribution in [2.45, 2.75) is 6.92 Å². The molecule has 0 aliphatic carbocycles. The molecule has 1 aromatic carbocycles. The van der Waals surface area contributed by atoms with E-state index in [0.29, 0.717) is 4.70 Å². The van der Waals surface area contributed by atoms with Crippen LogP contribution in [0.1, 0.15) is 17.3 Å². The summed E-state index contributed by atoms with van der Waals surface area (Å²) in [6.45, 7) is 1.36. The number of amides is 1. The van der Waals surface area contributed by atoms with Gasteiger partial charge in [0, 0.05) is 5.38 Å². The average Bonchev–Trinajstić information content (AvgIpc) is 3.06. The third kappa shape index (κ3) is 3.66. The summed E-state index contributed by atoms with van der Waals surface area (Å²) in [7, 11) is -3.78. The summed E-state index contributed by atoms with van der Waals surface area (Å²) in [5, 5.41) is 3.55. The number of thiophene rings is 1. The summed E-state index contributed by atoms with van der Waals surface area (Å²) >= 11 is 1.11. The van der Waals surface area contributed by atoms with Gasteiger partial charge in [0.25, 0.3) is 5.91 Å². The minimum absolute atomic E-state index is 0.0578. The third-order valence-corrected chi connectivity index (χ3v) is 5.88. The monoisotopic (exact) mass is 413 g/mol. The molecule has 0 aliphatic heterocycles. The number of nitrogens with zero attached hydrogens (tertiary/aromatic N) is 2. The van der Waals surface area contributed by atoms with Crippen molar-refractivity contribution in [1.82, 2.24) is 9.97 Å². The Morgan fingerprint density at radius 1 is 1.30 bits per heavy atom. The van der Waals surface area contributed by atoms with E-state index in [0.717, 1.165) is 23.5 Å². The fourth-order valence-corrected chi connectivity index (χ4v) is 3.74. The second-order valence-corrected chi connectivity index (χ2v) is 8.22. The van der Waals surface area contributed by atoms with Crippen LogP contribution in [0.25, 0.3) is 10.2 Å². The zero-order chi connectivity index (χ0) is 19.8. The molecule has 4 N–H and O–H groups in total. The highest BCUT2D eigenvalue weighted by atomic mass is 32.2. The van der Waals surface area contributed by atoms with Crippen LogP contribution < -0.4 is 15.8 Å². The summed E-state index contributed by atoms with van der Waals surface area (Å²) in [5.74, 6) is -3.25. The highest BCUT2D eigenvalue weighted by Gasteiger charge is 2.22. The smallest absolute Gasteiger partial charge is 0.258 e. The van der Waals surface area contributed by atoms with E-state index >= 15 is 0 Å². The predicted octanol–water partition coefficient (Wildman–Crippen LogP) is 2.57. The lowest BCUT2D eigenvalue weighted by atomic mass is 10.2. The number of halogens is 2. The Labute approximate surface area is 156 Å². The van der Waals surface area contributed by atoms with Crippen LogP contribution in [-0.4, -0.2) is 30.0 Å². The van der Waals surface area contributed by atoms with E-state index in [2.05, 4.69) is 15.3 Å². The number of fused-ring (bicyclic) bond motifs is 1. The highest BCUT2D eigenvalue weighted by molar-refractivity contribution is 7.92. The molecule has 2 heterocycles. The van der Waals surface area contributed by atoms with Crippen molar-refractivity contribution in [3.63, 3.8) is 0 Å². The number of nitrogen functional groups attached to an aromatic ring is 1. The molecule has 0 aliphatic rings. The van der Waals surface area contributed by atoms with Crippen LogP contribution >= 0.6 is 11.3 Å². The molecule has 0 fully saturated rings. The number of sulfonamides is 1. The molecule has 0 unspecified atom stereocenters. The molecule has 0 saturated heterocycles. The van der Waals surface area contributed by atoms with Crippen molar-refractivity contribution in [2.75, 3.05) is 21.5 Å². The summed E-state index contributed by atoms with van der Waals surface area (Å²) < 4.78 is 54.3. The number of hydrogen-bond donors (Lipinski definition) is 3. The van der Waals surface area contributed by atoms with Gasteiger partial charge >= 0.3 is 0 Å². The van der Waals surface area contributed by atoms with Gasteiger partial charge in [-0.05, 0) is 19.1 Å². The lowest BCUT2D eigenvalue weighted by Gasteiger charge is -2.12. The number of nitrogens with two attached hydrogens (primary N) is 1. The maximum atomic E-state index is 14.6. The van der Waals surface area contributed by atoms with Gasteiger partial charge < -0.3 is 11.1 Å². The van der Waals surface area contributed by atoms with Gasteiger partial charge in [0.15, 0.2) is 5.82 Å². The zero-order valence-corrected chi connectivity index (χ0v) is 15.4. The van der Waals surface area contributed by atoms with Gasteiger partial charge in [-0.2, -0.15) is 0 Å². The first-order chi connectivity index (χ1) is 12.7. The summed E-state index contributed by atoms with van der Waals surface area (Å²) in [6.07, 6.45) is 1.17. The minimum Gasteiger partial charge on any atom is -0.382 e. The van der Waals surface area contributed by atoms with E-state index in [-0.39, 0.29) is 22.7 Å². The molecule has 1 amide bonds. The van der Waals surface area contributed by atoms with Gasteiger partial charge in [0.2, 0.25) is 10.0 Å². The van der Waals surface area contributed by atoms with Crippen LogP contribution in [0, 0.1) is 11.6 Å². The average molecular weight is 413 g/mol. The predicted molar refractivity (Wildman–Crippen MR) is 99.2 cm³/mol. The number of nitrogens with one attached hydrogen (secondary N) is 2. The molecule has 2 aromatic heterocycles. The molecule has 0 bridgehead atoms. The third-order valence-electron chi connectivity index (χ3n) is 3.60. The van der Waals surface area contributed by atoms with Crippen LogP contribution in [0.4, 0.5) is 26.0 Å². The van der Waals surface area contributed by atoms with Crippen LogP contribution in [0.3, 0.4) is 0 Å². The van der Waals surface area contributed by atoms with Crippen LogP contribution in [0.15, 0.2) is 23.8 Å². The van der Waals surface area contributed by atoms with Gasteiger partial charge in [-0.3, -0.25) is 9.52 Å². The van der Waals surface area contributed by atoms with Crippen molar-refractivity contribution in [2.24, 2.45) is 0 Å². The molecule has 12 heteroatoms. The summed E-state index contributed by atoms with van der Waals surface area (Å²) in [5.41, 5.74) is 4.75. The fourth-order valence-electron chi connectivity index (χ4n) is 2.20. The Morgan fingerprint density at radius 2 is 2.04 bits per heavy atom. The Kier molecular flexibility index (Phi) is 4.93. The maximum absolute atomic E-state index is 14.6. The van der Waals surface area contributed by atoms with Crippen molar-refractivity contribution < 1.29 is 22.0 Å². The second kappa shape index (κ2) is 7.04. The van der Waals surface area contributed by atoms with Crippen LogP contribution in [-0.2, 0) is 10.0 Å². The molecule has 8 nitrogen and oxygen atoms in total. The molecule has 27 heavy (non-hydrogen) atoms. The molecule has 0 saturated carbocycles. The molecule has 3 rings (SSSR count).